The van der Waals surface area contributed by atoms with Crippen LogP contribution in [0.15, 0.2) is 0 Å². The smallest absolute Gasteiger partial charge is 0.187 e. The molecule has 0 aliphatic rings. The van der Waals surface area contributed by atoms with Crippen LogP contribution in [0, 0.1) is 0 Å². The topological polar surface area (TPSA) is 86.2 Å². The summed E-state index contributed by atoms with van der Waals surface area (Å²) in [5.74, 6) is 0.164. The Morgan fingerprint density at radius 2 is 1.58 bits per heavy atom. The molecule has 4 nitrogen and oxygen atoms in total. The van der Waals surface area contributed by atoms with E-state index in [1.165, 1.54) is 6.92 Å². The van der Waals surface area contributed by atoms with Crippen LogP contribution in [-0.2, 0) is 9.59 Å². The number of Topliss-reactive ketones (excluding diaryl/α,β-unsaturated/α-hetero) is 1. The minimum Gasteiger partial charge on any atom is -0.330 e. The first-order chi connectivity index (χ1) is 5.54. The first kappa shape index (κ1) is 14.2. The highest BCUT2D eigenvalue weighted by Crippen LogP contribution is 1.80. The molecule has 0 aliphatic carbocycles. The maximum absolute atomic E-state index is 9.96. The summed E-state index contributed by atoms with van der Waals surface area (Å²) in [6, 6.07) is 0. The Morgan fingerprint density at radius 1 is 1.17 bits per heavy atom. The second kappa shape index (κ2) is 10.6. The van der Waals surface area contributed by atoms with Crippen molar-refractivity contribution in [1.82, 2.24) is 0 Å². The fourth-order valence-electron chi connectivity index (χ4n) is 0.327. The van der Waals surface area contributed by atoms with Gasteiger partial charge in [-0.05, 0) is 13.5 Å². The van der Waals surface area contributed by atoms with E-state index in [2.05, 4.69) is 12.6 Å². The lowest BCUT2D eigenvalue weighted by atomic mass is 10.3. The van der Waals surface area contributed by atoms with Gasteiger partial charge in [-0.15, -0.1) is 12.6 Å². The molecule has 0 atom stereocenters. The summed E-state index contributed by atoms with van der Waals surface area (Å²) >= 11 is 3.46. The van der Waals surface area contributed by atoms with Gasteiger partial charge >= 0.3 is 0 Å². The Hall–Kier alpha value is -0.390. The minimum atomic E-state index is -0.141. The van der Waals surface area contributed by atoms with E-state index >= 15 is 0 Å². The lowest BCUT2D eigenvalue weighted by Crippen LogP contribution is -2.03. The van der Waals surface area contributed by atoms with E-state index in [1.807, 2.05) is 0 Å². The van der Waals surface area contributed by atoms with Crippen LogP contribution in [0.2, 0.25) is 0 Å². The summed E-state index contributed by atoms with van der Waals surface area (Å²) in [5.41, 5.74) is 9.97. The molecule has 0 spiro atoms. The van der Waals surface area contributed by atoms with Crippen molar-refractivity contribution in [3.63, 3.8) is 0 Å². The van der Waals surface area contributed by atoms with Crippen LogP contribution in [0.25, 0.3) is 0 Å². The van der Waals surface area contributed by atoms with Crippen LogP contribution < -0.4 is 11.5 Å². The second-order valence-corrected chi connectivity index (χ2v) is 2.67. The van der Waals surface area contributed by atoms with Gasteiger partial charge in [-0.1, -0.05) is 0 Å². The van der Waals surface area contributed by atoms with Crippen molar-refractivity contribution in [3.05, 3.63) is 0 Å². The number of carbonyl (C=O) groups excluding carboxylic acids is 2. The summed E-state index contributed by atoms with van der Waals surface area (Å²) in [4.78, 5) is 19.8. The Bertz CT molecular complexity index is 123. The number of hydrogen-bond donors (Lipinski definition) is 3. The maximum atomic E-state index is 9.96. The Balaban J connectivity index is 0. The van der Waals surface area contributed by atoms with Gasteiger partial charge in [0.2, 0.25) is 0 Å². The summed E-state index contributed by atoms with van der Waals surface area (Å²) < 4.78 is 0. The van der Waals surface area contributed by atoms with Crippen LogP contribution in [0.1, 0.15) is 19.8 Å². The molecule has 5 heteroatoms. The minimum absolute atomic E-state index is 0.141. The molecule has 12 heavy (non-hydrogen) atoms. The van der Waals surface area contributed by atoms with E-state index in [-0.39, 0.29) is 10.9 Å². The molecule has 0 saturated carbocycles. The molecule has 0 aliphatic heterocycles. The van der Waals surface area contributed by atoms with Crippen molar-refractivity contribution >= 4 is 23.5 Å². The quantitative estimate of drug-likeness (QED) is 0.534. The third kappa shape index (κ3) is 22.6. The zero-order valence-electron chi connectivity index (χ0n) is 7.25. The Kier molecular flexibility index (Phi) is 12.5. The fourth-order valence-corrected chi connectivity index (χ4v) is 0.456. The van der Waals surface area contributed by atoms with Crippen molar-refractivity contribution in [2.24, 2.45) is 11.5 Å². The lowest BCUT2D eigenvalue weighted by molar-refractivity contribution is -0.116. The van der Waals surface area contributed by atoms with Gasteiger partial charge in [0.05, 0.1) is 0 Å². The van der Waals surface area contributed by atoms with Gasteiger partial charge < -0.3 is 11.5 Å². The maximum Gasteiger partial charge on any atom is 0.187 e. The van der Waals surface area contributed by atoms with Crippen molar-refractivity contribution in [2.75, 3.05) is 13.1 Å². The highest BCUT2D eigenvalue weighted by Gasteiger charge is 1.85. The molecule has 72 valence electrons. The summed E-state index contributed by atoms with van der Waals surface area (Å²) in [6.07, 6.45) is 0.892. The number of carbonyl (C=O) groups is 2. The van der Waals surface area contributed by atoms with Gasteiger partial charge in [0.1, 0.15) is 5.78 Å². The zero-order valence-corrected chi connectivity index (χ0v) is 8.14. The van der Waals surface area contributed by atoms with Crippen LogP contribution in [-0.4, -0.2) is 24.0 Å². The van der Waals surface area contributed by atoms with E-state index in [4.69, 9.17) is 11.5 Å². The van der Waals surface area contributed by atoms with Crippen LogP contribution in [0.3, 0.4) is 0 Å². The monoisotopic (exact) mass is 192 g/mol. The van der Waals surface area contributed by atoms with Crippen LogP contribution >= 0.6 is 12.6 Å². The lowest BCUT2D eigenvalue weighted by Gasteiger charge is -1.81. The number of rotatable bonds is 4. The van der Waals surface area contributed by atoms with Crippen LogP contribution in [0.4, 0.5) is 0 Å². The summed E-state index contributed by atoms with van der Waals surface area (Å²) in [6.45, 7) is 2.42. The van der Waals surface area contributed by atoms with Gasteiger partial charge in [0.15, 0.2) is 5.12 Å². The van der Waals surface area contributed by atoms with E-state index in [9.17, 15) is 9.59 Å². The molecule has 0 radical (unpaired) electrons. The molecule has 4 N–H and O–H groups in total. The molecule has 0 fully saturated rings. The van der Waals surface area contributed by atoms with Gasteiger partial charge in [-0.3, -0.25) is 9.59 Å². The highest BCUT2D eigenvalue weighted by atomic mass is 32.1. The standard InChI is InChI=1S/C4H9NO.C3H7NOS/c1-4(6)2-3-5;4-2-1-3(5)6/h2-3,5H2,1H3;1-2,4H2,(H,5,6). The predicted molar refractivity (Wildman–Crippen MR) is 52.0 cm³/mol. The number of nitrogens with two attached hydrogens (primary N) is 2. The SMILES string of the molecule is CC(=O)CCN.NCCC(=O)S. The molecule has 0 aromatic rings. The molecule has 0 bridgehead atoms. The third-order valence-electron chi connectivity index (χ3n) is 0.855. The third-order valence-corrected chi connectivity index (χ3v) is 1.08. The molecular weight excluding hydrogens is 176 g/mol. The predicted octanol–water partition coefficient (Wildman–Crippen LogP) is -0.284. The average molecular weight is 192 g/mol. The van der Waals surface area contributed by atoms with Crippen LogP contribution in [0.5, 0.6) is 0 Å². The van der Waals surface area contributed by atoms with Crippen molar-refractivity contribution in [1.29, 1.82) is 0 Å². The van der Waals surface area contributed by atoms with E-state index in [1.54, 1.807) is 0 Å². The molecule has 0 aromatic heterocycles. The Morgan fingerprint density at radius 3 is 1.58 bits per heavy atom. The molecule has 0 rings (SSSR count). The Labute approximate surface area is 78.1 Å². The van der Waals surface area contributed by atoms with Crippen molar-refractivity contribution in [2.45, 2.75) is 19.8 Å². The number of hydrogen-bond acceptors (Lipinski definition) is 4. The number of ketones is 1. The summed E-state index contributed by atoms with van der Waals surface area (Å²) in [5, 5.41) is -0.141. The molecule has 0 aromatic carbocycles. The highest BCUT2D eigenvalue weighted by molar-refractivity contribution is 7.96. The van der Waals surface area contributed by atoms with Gasteiger partial charge in [-0.25, -0.2) is 0 Å². The normalized spacial score (nSPS) is 8.33. The van der Waals surface area contributed by atoms with Crippen molar-refractivity contribution < 1.29 is 9.59 Å². The second-order valence-electron chi connectivity index (χ2n) is 2.17. The molecular formula is C7H16N2O2S. The summed E-state index contributed by atoms with van der Waals surface area (Å²) in [7, 11) is 0. The number of thiol groups is 1. The molecule has 0 heterocycles. The van der Waals surface area contributed by atoms with Gasteiger partial charge in [-0.2, -0.15) is 0 Å². The van der Waals surface area contributed by atoms with Crippen molar-refractivity contribution in [3.8, 4) is 0 Å². The van der Waals surface area contributed by atoms with E-state index in [0.29, 0.717) is 25.9 Å². The fraction of sp³-hybridized carbons (Fsp3) is 0.714. The molecule has 0 saturated heterocycles. The molecule has 0 unspecified atom stereocenters. The van der Waals surface area contributed by atoms with E-state index < -0.39 is 0 Å². The van der Waals surface area contributed by atoms with Gasteiger partial charge in [0, 0.05) is 19.4 Å². The van der Waals surface area contributed by atoms with Gasteiger partial charge in [0.25, 0.3) is 0 Å². The largest absolute Gasteiger partial charge is 0.330 e. The van der Waals surface area contributed by atoms with E-state index in [0.717, 1.165) is 0 Å². The zero-order chi connectivity index (χ0) is 9.98. The first-order valence-corrected chi connectivity index (χ1v) is 4.10. The average Bonchev–Trinajstić information content (AvgIpc) is 1.87. The first-order valence-electron chi connectivity index (χ1n) is 3.66. The molecule has 0 amide bonds.